The molecule has 1 heterocycles. The van der Waals surface area contributed by atoms with Gasteiger partial charge in [-0.05, 0) is 17.9 Å². The first-order valence-corrected chi connectivity index (χ1v) is 5.84. The van der Waals surface area contributed by atoms with Gasteiger partial charge >= 0.3 is 0 Å². The molecule has 0 spiro atoms. The van der Waals surface area contributed by atoms with E-state index in [1.165, 1.54) is 10.4 Å². The van der Waals surface area contributed by atoms with Crippen LogP contribution in [0.25, 0.3) is 0 Å². The van der Waals surface area contributed by atoms with E-state index in [4.69, 9.17) is 11.6 Å². The van der Waals surface area contributed by atoms with E-state index in [0.717, 1.165) is 10.4 Å². The van der Waals surface area contributed by atoms with Crippen molar-refractivity contribution >= 4 is 38.9 Å². The minimum absolute atomic E-state index is 0.529. The first-order chi connectivity index (χ1) is 5.16. The molecule has 1 unspecified atom stereocenters. The zero-order chi connectivity index (χ0) is 8.43. The largest absolute Gasteiger partial charge is 0.147 e. The van der Waals surface area contributed by atoms with Crippen molar-refractivity contribution in [3.63, 3.8) is 0 Å². The average molecular weight is 254 g/mol. The van der Waals surface area contributed by atoms with Crippen molar-refractivity contribution in [3.05, 3.63) is 20.8 Å². The summed E-state index contributed by atoms with van der Waals surface area (Å²) in [5.74, 6) is 0.529. The van der Waals surface area contributed by atoms with Crippen LogP contribution in [0.4, 0.5) is 0 Å². The fourth-order valence-corrected chi connectivity index (χ4v) is 2.83. The highest BCUT2D eigenvalue weighted by Crippen LogP contribution is 2.33. The Morgan fingerprint density at radius 1 is 1.73 bits per heavy atom. The van der Waals surface area contributed by atoms with Crippen molar-refractivity contribution in [2.45, 2.75) is 19.8 Å². The van der Waals surface area contributed by atoms with E-state index >= 15 is 0 Å². The van der Waals surface area contributed by atoms with E-state index in [-0.39, 0.29) is 0 Å². The van der Waals surface area contributed by atoms with Crippen LogP contribution in [-0.2, 0) is 0 Å². The molecule has 1 aromatic rings. The number of alkyl halides is 1. The van der Waals surface area contributed by atoms with Crippen LogP contribution in [0.5, 0.6) is 0 Å². The number of aryl methyl sites for hydroxylation is 1. The maximum atomic E-state index is 6.07. The molecule has 0 saturated heterocycles. The number of halogens is 2. The average Bonchev–Trinajstić information content (AvgIpc) is 2.32. The van der Waals surface area contributed by atoms with Crippen molar-refractivity contribution in [2.24, 2.45) is 0 Å². The fraction of sp³-hybridized carbons (Fsp3) is 0.500. The summed E-state index contributed by atoms with van der Waals surface area (Å²) in [4.78, 5) is 1.29. The molecule has 0 radical (unpaired) electrons. The summed E-state index contributed by atoms with van der Waals surface area (Å²) in [7, 11) is 0. The third-order valence-electron chi connectivity index (χ3n) is 1.60. The SMILES string of the molecule is Cc1csc(C(C)CBr)c1Cl. The van der Waals surface area contributed by atoms with Crippen molar-refractivity contribution in [2.75, 3.05) is 5.33 Å². The molecule has 0 aromatic carbocycles. The van der Waals surface area contributed by atoms with Gasteiger partial charge in [-0.15, -0.1) is 11.3 Å². The lowest BCUT2D eigenvalue weighted by Gasteiger charge is -2.04. The third kappa shape index (κ3) is 1.98. The number of rotatable bonds is 2. The van der Waals surface area contributed by atoms with Crippen LogP contribution in [0.3, 0.4) is 0 Å². The molecule has 1 rings (SSSR count). The standard InChI is InChI=1S/C8H10BrClS/c1-5(3-9)8-7(10)6(2)4-11-8/h4-5H,3H2,1-2H3. The molecule has 0 N–H and O–H groups in total. The summed E-state index contributed by atoms with van der Waals surface area (Å²) in [5.41, 5.74) is 1.19. The molecule has 3 heteroatoms. The molecule has 1 aromatic heterocycles. The summed E-state index contributed by atoms with van der Waals surface area (Å²) in [5, 5.41) is 4.03. The molecule has 0 amide bonds. The van der Waals surface area contributed by atoms with Gasteiger partial charge in [0.05, 0.1) is 5.02 Å². The van der Waals surface area contributed by atoms with Gasteiger partial charge in [-0.3, -0.25) is 0 Å². The van der Waals surface area contributed by atoms with E-state index in [2.05, 4.69) is 28.2 Å². The molecule has 0 fully saturated rings. The Kier molecular flexibility index (Phi) is 3.41. The number of hydrogen-bond acceptors (Lipinski definition) is 1. The Bertz CT molecular complexity index is 244. The number of thiophene rings is 1. The molecule has 0 aliphatic rings. The van der Waals surface area contributed by atoms with E-state index in [1.807, 2.05) is 6.92 Å². The molecule has 0 nitrogen and oxygen atoms in total. The Labute approximate surface area is 84.7 Å². The zero-order valence-electron chi connectivity index (χ0n) is 6.53. The predicted octanol–water partition coefficient (Wildman–Crippen LogP) is 4.21. The molecule has 0 saturated carbocycles. The van der Waals surface area contributed by atoms with Crippen LogP contribution in [0.15, 0.2) is 5.38 Å². The van der Waals surface area contributed by atoms with Crippen LogP contribution in [0.2, 0.25) is 5.02 Å². The summed E-state index contributed by atoms with van der Waals surface area (Å²) in [6.45, 7) is 4.22. The Morgan fingerprint density at radius 3 is 2.73 bits per heavy atom. The first-order valence-electron chi connectivity index (χ1n) is 3.46. The van der Waals surface area contributed by atoms with Crippen molar-refractivity contribution < 1.29 is 0 Å². The number of hydrogen-bond donors (Lipinski definition) is 0. The highest BCUT2D eigenvalue weighted by molar-refractivity contribution is 9.09. The van der Waals surface area contributed by atoms with Gasteiger partial charge in [-0.2, -0.15) is 0 Å². The lowest BCUT2D eigenvalue weighted by Crippen LogP contribution is -1.90. The van der Waals surface area contributed by atoms with Crippen LogP contribution >= 0.6 is 38.9 Å². The van der Waals surface area contributed by atoms with Gasteiger partial charge in [0.1, 0.15) is 0 Å². The van der Waals surface area contributed by atoms with Gasteiger partial charge in [-0.1, -0.05) is 34.5 Å². The topological polar surface area (TPSA) is 0 Å². The molecule has 0 bridgehead atoms. The molecular formula is C8H10BrClS. The third-order valence-corrected chi connectivity index (χ3v) is 4.52. The summed E-state index contributed by atoms with van der Waals surface area (Å²) < 4.78 is 0. The molecule has 11 heavy (non-hydrogen) atoms. The van der Waals surface area contributed by atoms with Gasteiger partial charge in [-0.25, -0.2) is 0 Å². The maximum Gasteiger partial charge on any atom is 0.0577 e. The second-order valence-electron chi connectivity index (χ2n) is 2.65. The minimum Gasteiger partial charge on any atom is -0.147 e. The van der Waals surface area contributed by atoms with Gasteiger partial charge in [0.25, 0.3) is 0 Å². The van der Waals surface area contributed by atoms with Crippen molar-refractivity contribution in [1.82, 2.24) is 0 Å². The van der Waals surface area contributed by atoms with Crippen molar-refractivity contribution in [1.29, 1.82) is 0 Å². The summed E-state index contributed by atoms with van der Waals surface area (Å²) >= 11 is 11.3. The van der Waals surface area contributed by atoms with E-state index in [1.54, 1.807) is 11.3 Å². The molecular weight excluding hydrogens is 244 g/mol. The predicted molar refractivity (Wildman–Crippen MR) is 56.3 cm³/mol. The van der Waals surface area contributed by atoms with E-state index in [0.29, 0.717) is 5.92 Å². The van der Waals surface area contributed by atoms with Crippen molar-refractivity contribution in [3.8, 4) is 0 Å². The highest BCUT2D eigenvalue weighted by atomic mass is 79.9. The van der Waals surface area contributed by atoms with Crippen LogP contribution in [-0.4, -0.2) is 5.33 Å². The zero-order valence-corrected chi connectivity index (χ0v) is 9.68. The first kappa shape index (κ1) is 9.56. The quantitative estimate of drug-likeness (QED) is 0.693. The lowest BCUT2D eigenvalue weighted by molar-refractivity contribution is 0.911. The molecule has 0 aliphatic carbocycles. The Hall–Kier alpha value is 0.470. The van der Waals surface area contributed by atoms with Gasteiger partial charge < -0.3 is 0 Å². The van der Waals surface area contributed by atoms with Crippen LogP contribution in [0.1, 0.15) is 23.3 Å². The Morgan fingerprint density at radius 2 is 2.36 bits per heavy atom. The highest BCUT2D eigenvalue weighted by Gasteiger charge is 2.11. The monoisotopic (exact) mass is 252 g/mol. The second kappa shape index (κ2) is 3.92. The lowest BCUT2D eigenvalue weighted by atomic mass is 10.1. The summed E-state index contributed by atoms with van der Waals surface area (Å²) in [6, 6.07) is 0. The molecule has 62 valence electrons. The molecule has 1 atom stereocenters. The van der Waals surface area contributed by atoms with Crippen LogP contribution in [0, 0.1) is 6.92 Å². The normalized spacial score (nSPS) is 13.5. The summed E-state index contributed by atoms with van der Waals surface area (Å²) in [6.07, 6.45) is 0. The van der Waals surface area contributed by atoms with Crippen LogP contribution < -0.4 is 0 Å². The van der Waals surface area contributed by atoms with E-state index in [9.17, 15) is 0 Å². The Balaban J connectivity index is 2.94. The van der Waals surface area contributed by atoms with Gasteiger partial charge in [0.2, 0.25) is 0 Å². The second-order valence-corrected chi connectivity index (χ2v) is 4.59. The fourth-order valence-electron chi connectivity index (χ4n) is 0.852. The van der Waals surface area contributed by atoms with E-state index < -0.39 is 0 Å². The molecule has 0 aliphatic heterocycles. The van der Waals surface area contributed by atoms with Gasteiger partial charge in [0.15, 0.2) is 0 Å². The maximum absolute atomic E-state index is 6.07. The van der Waals surface area contributed by atoms with Gasteiger partial charge in [0, 0.05) is 16.1 Å². The smallest absolute Gasteiger partial charge is 0.0577 e. The minimum atomic E-state index is 0.529.